The normalized spacial score (nSPS) is 23.0. The first-order valence-electron chi connectivity index (χ1n) is 9.41. The Labute approximate surface area is 155 Å². The van der Waals surface area contributed by atoms with Gasteiger partial charge in [0.15, 0.2) is 0 Å². The Morgan fingerprint density at radius 2 is 1.85 bits per heavy atom. The van der Waals surface area contributed by atoms with E-state index in [-0.39, 0.29) is 11.4 Å². The van der Waals surface area contributed by atoms with Crippen LogP contribution in [0.4, 0.5) is 0 Å². The molecule has 26 heavy (non-hydrogen) atoms. The number of hydrogen-bond acceptors (Lipinski definition) is 3. The summed E-state index contributed by atoms with van der Waals surface area (Å²) < 4.78 is 0. The van der Waals surface area contributed by atoms with Crippen LogP contribution in [0.15, 0.2) is 48.5 Å². The van der Waals surface area contributed by atoms with E-state index in [1.54, 1.807) is 19.1 Å². The fourth-order valence-electron chi connectivity index (χ4n) is 4.68. The van der Waals surface area contributed by atoms with Crippen LogP contribution in [0.3, 0.4) is 0 Å². The van der Waals surface area contributed by atoms with E-state index in [2.05, 4.69) is 34.1 Å². The highest BCUT2D eigenvalue weighted by Crippen LogP contribution is 2.38. The summed E-state index contributed by atoms with van der Waals surface area (Å²) in [6.07, 6.45) is 3.10. The molecule has 1 unspecified atom stereocenters. The highest BCUT2D eigenvalue weighted by atomic mass is 16.3. The molecule has 2 aliphatic heterocycles. The average molecular weight is 350 g/mol. The van der Waals surface area contributed by atoms with E-state index in [1.165, 1.54) is 16.7 Å². The SMILES string of the molecule is CC(=O)N1Cc2ccccc2CC12CCCN(Cc1ccc(O)cc1)C2. The Morgan fingerprint density at radius 3 is 2.58 bits per heavy atom. The Kier molecular flexibility index (Phi) is 4.45. The lowest BCUT2D eigenvalue weighted by Crippen LogP contribution is -2.62. The van der Waals surface area contributed by atoms with Gasteiger partial charge in [0.05, 0.1) is 5.54 Å². The van der Waals surface area contributed by atoms with Crippen molar-refractivity contribution in [2.24, 2.45) is 0 Å². The fourth-order valence-corrected chi connectivity index (χ4v) is 4.68. The molecule has 0 radical (unpaired) electrons. The lowest BCUT2D eigenvalue weighted by Gasteiger charge is -2.52. The van der Waals surface area contributed by atoms with Gasteiger partial charge in [-0.1, -0.05) is 36.4 Å². The number of phenols is 1. The van der Waals surface area contributed by atoms with E-state index in [0.717, 1.165) is 45.4 Å². The minimum Gasteiger partial charge on any atom is -0.508 e. The minimum atomic E-state index is -0.102. The van der Waals surface area contributed by atoms with Gasteiger partial charge in [0, 0.05) is 26.6 Å². The summed E-state index contributed by atoms with van der Waals surface area (Å²) in [5.41, 5.74) is 3.76. The van der Waals surface area contributed by atoms with Crippen molar-refractivity contribution in [2.45, 2.75) is 44.8 Å². The van der Waals surface area contributed by atoms with Gasteiger partial charge >= 0.3 is 0 Å². The molecule has 1 amide bonds. The van der Waals surface area contributed by atoms with Gasteiger partial charge < -0.3 is 10.0 Å². The van der Waals surface area contributed by atoms with Gasteiger partial charge in [0.1, 0.15) is 5.75 Å². The van der Waals surface area contributed by atoms with Crippen LogP contribution < -0.4 is 0 Å². The third-order valence-corrected chi connectivity index (χ3v) is 5.90. The molecule has 1 saturated heterocycles. The van der Waals surface area contributed by atoms with E-state index in [9.17, 15) is 9.90 Å². The molecule has 0 saturated carbocycles. The molecule has 0 bridgehead atoms. The molecular weight excluding hydrogens is 324 g/mol. The molecule has 2 heterocycles. The van der Waals surface area contributed by atoms with Gasteiger partial charge in [0.2, 0.25) is 5.91 Å². The molecule has 136 valence electrons. The number of fused-ring (bicyclic) bond motifs is 1. The number of carbonyl (C=O) groups excluding carboxylic acids is 1. The number of nitrogens with zero attached hydrogens (tertiary/aromatic N) is 2. The zero-order valence-corrected chi connectivity index (χ0v) is 15.3. The van der Waals surface area contributed by atoms with Crippen molar-refractivity contribution < 1.29 is 9.90 Å². The van der Waals surface area contributed by atoms with Gasteiger partial charge in [-0.15, -0.1) is 0 Å². The van der Waals surface area contributed by atoms with Crippen LogP contribution in [-0.2, 0) is 24.3 Å². The van der Waals surface area contributed by atoms with Crippen LogP contribution in [0.2, 0.25) is 0 Å². The van der Waals surface area contributed by atoms with E-state index in [0.29, 0.717) is 5.75 Å². The van der Waals surface area contributed by atoms with E-state index < -0.39 is 0 Å². The number of aromatic hydroxyl groups is 1. The van der Waals surface area contributed by atoms with Crippen LogP contribution in [0, 0.1) is 0 Å². The smallest absolute Gasteiger partial charge is 0.220 e. The standard InChI is InChI=1S/C22H26N2O2/c1-17(25)24-15-20-6-3-2-5-19(20)13-22(24)11-4-12-23(16-22)14-18-7-9-21(26)10-8-18/h2-3,5-10,26H,4,11-16H2,1H3. The second-order valence-corrected chi connectivity index (χ2v) is 7.76. The van der Waals surface area contributed by atoms with Crippen molar-refractivity contribution in [3.63, 3.8) is 0 Å². The van der Waals surface area contributed by atoms with E-state index >= 15 is 0 Å². The summed E-state index contributed by atoms with van der Waals surface area (Å²) in [6, 6.07) is 16.0. The predicted octanol–water partition coefficient (Wildman–Crippen LogP) is 3.33. The van der Waals surface area contributed by atoms with Crippen LogP contribution in [0.25, 0.3) is 0 Å². The van der Waals surface area contributed by atoms with Crippen LogP contribution in [0.1, 0.15) is 36.5 Å². The minimum absolute atomic E-state index is 0.102. The molecule has 1 spiro atoms. The number of rotatable bonds is 2. The lowest BCUT2D eigenvalue weighted by atomic mass is 9.77. The van der Waals surface area contributed by atoms with Crippen molar-refractivity contribution in [1.82, 2.24) is 9.80 Å². The number of amides is 1. The molecule has 0 aromatic heterocycles. The van der Waals surface area contributed by atoms with Gasteiger partial charge in [-0.05, 0) is 54.6 Å². The fraction of sp³-hybridized carbons (Fsp3) is 0.409. The first-order chi connectivity index (χ1) is 12.6. The molecule has 2 aromatic rings. The molecule has 4 heteroatoms. The average Bonchev–Trinajstić information content (AvgIpc) is 2.63. The second-order valence-electron chi connectivity index (χ2n) is 7.76. The third-order valence-electron chi connectivity index (χ3n) is 5.90. The molecular formula is C22H26N2O2. The number of benzene rings is 2. The molecule has 0 aliphatic carbocycles. The maximum atomic E-state index is 12.5. The van der Waals surface area contributed by atoms with Gasteiger partial charge in [-0.3, -0.25) is 9.69 Å². The highest BCUT2D eigenvalue weighted by Gasteiger charge is 2.44. The maximum absolute atomic E-state index is 12.5. The maximum Gasteiger partial charge on any atom is 0.220 e. The first kappa shape index (κ1) is 17.1. The lowest BCUT2D eigenvalue weighted by molar-refractivity contribution is -0.140. The van der Waals surface area contributed by atoms with E-state index in [4.69, 9.17) is 0 Å². The second kappa shape index (κ2) is 6.76. The van der Waals surface area contributed by atoms with Crippen LogP contribution in [-0.4, -0.2) is 39.4 Å². The predicted molar refractivity (Wildman–Crippen MR) is 102 cm³/mol. The Balaban J connectivity index is 1.59. The molecule has 1 atom stereocenters. The number of likely N-dealkylation sites (tertiary alicyclic amines) is 1. The topological polar surface area (TPSA) is 43.8 Å². The van der Waals surface area contributed by atoms with Crippen LogP contribution >= 0.6 is 0 Å². The molecule has 1 N–H and O–H groups in total. The van der Waals surface area contributed by atoms with Crippen LogP contribution in [0.5, 0.6) is 5.75 Å². The Morgan fingerprint density at radius 1 is 1.12 bits per heavy atom. The molecule has 4 nitrogen and oxygen atoms in total. The summed E-state index contributed by atoms with van der Waals surface area (Å²) in [6.45, 7) is 5.24. The Hall–Kier alpha value is -2.33. The van der Waals surface area contributed by atoms with Gasteiger partial charge in [0.25, 0.3) is 0 Å². The van der Waals surface area contributed by atoms with Gasteiger partial charge in [-0.2, -0.15) is 0 Å². The summed E-state index contributed by atoms with van der Waals surface area (Å²) in [4.78, 5) is 17.0. The first-order valence-corrected chi connectivity index (χ1v) is 9.41. The van der Waals surface area contributed by atoms with Crippen molar-refractivity contribution in [3.8, 4) is 5.75 Å². The zero-order valence-electron chi connectivity index (χ0n) is 15.3. The van der Waals surface area contributed by atoms with Crippen molar-refractivity contribution >= 4 is 5.91 Å². The summed E-state index contributed by atoms with van der Waals surface area (Å²) >= 11 is 0. The molecule has 2 aromatic carbocycles. The third kappa shape index (κ3) is 3.21. The van der Waals surface area contributed by atoms with Crippen molar-refractivity contribution in [3.05, 3.63) is 65.2 Å². The van der Waals surface area contributed by atoms with Gasteiger partial charge in [-0.25, -0.2) is 0 Å². The quantitative estimate of drug-likeness (QED) is 0.903. The number of piperidine rings is 1. The summed E-state index contributed by atoms with van der Waals surface area (Å²) in [5, 5.41) is 9.49. The molecule has 2 aliphatic rings. The zero-order chi connectivity index (χ0) is 18.1. The summed E-state index contributed by atoms with van der Waals surface area (Å²) in [7, 11) is 0. The highest BCUT2D eigenvalue weighted by molar-refractivity contribution is 5.75. The number of hydrogen-bond donors (Lipinski definition) is 1. The van der Waals surface area contributed by atoms with Crippen molar-refractivity contribution in [2.75, 3.05) is 13.1 Å². The number of carbonyl (C=O) groups is 1. The monoisotopic (exact) mass is 350 g/mol. The molecule has 4 rings (SSSR count). The molecule has 1 fully saturated rings. The number of phenolic OH excluding ortho intramolecular Hbond substituents is 1. The largest absolute Gasteiger partial charge is 0.508 e. The van der Waals surface area contributed by atoms with E-state index in [1.807, 2.05) is 12.1 Å². The Bertz CT molecular complexity index is 802. The van der Waals surface area contributed by atoms with Crippen molar-refractivity contribution in [1.29, 1.82) is 0 Å². The summed E-state index contributed by atoms with van der Waals surface area (Å²) in [5.74, 6) is 0.474.